The lowest BCUT2D eigenvalue weighted by atomic mass is 10.2. The fourth-order valence-corrected chi connectivity index (χ4v) is 2.73. The van der Waals surface area contributed by atoms with Gasteiger partial charge in [-0.2, -0.15) is 5.10 Å². The molecule has 0 amide bonds. The van der Waals surface area contributed by atoms with Gasteiger partial charge in [-0.3, -0.25) is 4.68 Å². The van der Waals surface area contributed by atoms with Crippen LogP contribution in [0, 0.1) is 13.8 Å². The maximum absolute atomic E-state index is 5.30. The van der Waals surface area contributed by atoms with E-state index in [0.717, 1.165) is 41.1 Å². The Balaban J connectivity index is 2.27. The Morgan fingerprint density at radius 2 is 2.10 bits per heavy atom. The monoisotopic (exact) mass is 351 g/mol. The second-order valence-electron chi connectivity index (χ2n) is 5.04. The molecule has 0 bridgehead atoms. The van der Waals surface area contributed by atoms with E-state index < -0.39 is 0 Å². The van der Waals surface area contributed by atoms with Gasteiger partial charge in [-0.1, -0.05) is 22.9 Å². The summed E-state index contributed by atoms with van der Waals surface area (Å²) in [6, 6.07) is 6.01. The van der Waals surface area contributed by atoms with E-state index in [1.54, 1.807) is 7.11 Å². The Labute approximate surface area is 134 Å². The topological polar surface area (TPSA) is 39.1 Å². The Morgan fingerprint density at radius 3 is 2.76 bits per heavy atom. The molecule has 2 aromatic rings. The summed E-state index contributed by atoms with van der Waals surface area (Å²) in [5.74, 6) is 0.864. The van der Waals surface area contributed by atoms with E-state index in [0.29, 0.717) is 0 Å². The SMILES string of the molecule is CCNCc1c(C)nn(Cc2cc(OC)ccc2Br)c1C. The van der Waals surface area contributed by atoms with Crippen molar-refractivity contribution >= 4 is 15.9 Å². The molecule has 1 aromatic heterocycles. The minimum absolute atomic E-state index is 0.733. The van der Waals surface area contributed by atoms with Gasteiger partial charge in [0.25, 0.3) is 0 Å². The average molecular weight is 352 g/mol. The zero-order valence-corrected chi connectivity index (χ0v) is 14.6. The van der Waals surface area contributed by atoms with Gasteiger partial charge < -0.3 is 10.1 Å². The molecular weight excluding hydrogens is 330 g/mol. The van der Waals surface area contributed by atoms with Crippen LogP contribution in [0.3, 0.4) is 0 Å². The van der Waals surface area contributed by atoms with Crippen molar-refractivity contribution in [2.75, 3.05) is 13.7 Å². The lowest BCUT2D eigenvalue weighted by Gasteiger charge is -2.10. The van der Waals surface area contributed by atoms with Crippen molar-refractivity contribution in [1.29, 1.82) is 0 Å². The average Bonchev–Trinajstić information content (AvgIpc) is 2.74. The minimum Gasteiger partial charge on any atom is -0.497 e. The van der Waals surface area contributed by atoms with Gasteiger partial charge in [0.1, 0.15) is 5.75 Å². The van der Waals surface area contributed by atoms with Crippen LogP contribution in [0.5, 0.6) is 5.75 Å². The number of benzene rings is 1. The first-order valence-corrected chi connectivity index (χ1v) is 7.92. The van der Waals surface area contributed by atoms with Crippen LogP contribution in [0.2, 0.25) is 0 Å². The third-order valence-electron chi connectivity index (χ3n) is 3.66. The summed E-state index contributed by atoms with van der Waals surface area (Å²) in [5, 5.41) is 8.04. The summed E-state index contributed by atoms with van der Waals surface area (Å²) in [6.07, 6.45) is 0. The minimum atomic E-state index is 0.733. The third kappa shape index (κ3) is 3.66. The molecule has 0 unspecified atom stereocenters. The van der Waals surface area contributed by atoms with Gasteiger partial charge in [0.2, 0.25) is 0 Å². The molecule has 1 aromatic carbocycles. The zero-order valence-electron chi connectivity index (χ0n) is 13.0. The standard InChI is InChI=1S/C16H22BrN3O/c1-5-18-9-15-11(2)19-20(12(15)3)10-13-8-14(21-4)6-7-16(13)17/h6-8,18H,5,9-10H2,1-4H3. The number of ether oxygens (including phenoxy) is 1. The van der Waals surface area contributed by atoms with Gasteiger partial charge in [-0.05, 0) is 44.2 Å². The highest BCUT2D eigenvalue weighted by Gasteiger charge is 2.12. The lowest BCUT2D eigenvalue weighted by Crippen LogP contribution is -2.13. The molecule has 0 aliphatic heterocycles. The van der Waals surface area contributed by atoms with E-state index in [9.17, 15) is 0 Å². The highest BCUT2D eigenvalue weighted by molar-refractivity contribution is 9.10. The number of aryl methyl sites for hydroxylation is 1. The van der Waals surface area contributed by atoms with Gasteiger partial charge >= 0.3 is 0 Å². The second kappa shape index (κ2) is 7.09. The first-order chi connectivity index (χ1) is 10.1. The molecule has 0 saturated carbocycles. The Morgan fingerprint density at radius 1 is 1.33 bits per heavy atom. The molecule has 0 saturated heterocycles. The highest BCUT2D eigenvalue weighted by Crippen LogP contribution is 2.24. The van der Waals surface area contributed by atoms with Crippen molar-refractivity contribution < 1.29 is 4.74 Å². The van der Waals surface area contributed by atoms with Crippen molar-refractivity contribution in [3.63, 3.8) is 0 Å². The fourth-order valence-electron chi connectivity index (χ4n) is 2.35. The van der Waals surface area contributed by atoms with E-state index in [-0.39, 0.29) is 0 Å². The van der Waals surface area contributed by atoms with E-state index in [4.69, 9.17) is 4.74 Å². The summed E-state index contributed by atoms with van der Waals surface area (Å²) >= 11 is 3.60. The maximum Gasteiger partial charge on any atom is 0.119 e. The van der Waals surface area contributed by atoms with E-state index >= 15 is 0 Å². The number of halogens is 1. The van der Waals surface area contributed by atoms with Gasteiger partial charge in [0, 0.05) is 22.3 Å². The lowest BCUT2D eigenvalue weighted by molar-refractivity contribution is 0.414. The first-order valence-electron chi connectivity index (χ1n) is 7.12. The number of hydrogen-bond acceptors (Lipinski definition) is 3. The first kappa shape index (κ1) is 16.0. The second-order valence-corrected chi connectivity index (χ2v) is 5.90. The normalized spacial score (nSPS) is 10.9. The van der Waals surface area contributed by atoms with Crippen LogP contribution in [0.15, 0.2) is 22.7 Å². The predicted molar refractivity (Wildman–Crippen MR) is 88.9 cm³/mol. The summed E-state index contributed by atoms with van der Waals surface area (Å²) in [5.41, 5.74) is 4.75. The summed E-state index contributed by atoms with van der Waals surface area (Å²) in [7, 11) is 1.69. The third-order valence-corrected chi connectivity index (χ3v) is 4.43. The largest absolute Gasteiger partial charge is 0.497 e. The molecule has 1 N–H and O–H groups in total. The molecule has 2 rings (SSSR count). The van der Waals surface area contributed by atoms with Crippen molar-refractivity contribution in [2.45, 2.75) is 33.9 Å². The smallest absolute Gasteiger partial charge is 0.119 e. The van der Waals surface area contributed by atoms with Crippen LogP contribution in [-0.4, -0.2) is 23.4 Å². The Bertz CT molecular complexity index is 622. The van der Waals surface area contributed by atoms with Gasteiger partial charge in [-0.15, -0.1) is 0 Å². The van der Waals surface area contributed by atoms with Crippen LogP contribution < -0.4 is 10.1 Å². The van der Waals surface area contributed by atoms with Crippen LogP contribution >= 0.6 is 15.9 Å². The van der Waals surface area contributed by atoms with Crippen LogP contribution in [0.25, 0.3) is 0 Å². The zero-order chi connectivity index (χ0) is 15.4. The van der Waals surface area contributed by atoms with Crippen LogP contribution in [0.4, 0.5) is 0 Å². The molecule has 0 spiro atoms. The van der Waals surface area contributed by atoms with E-state index in [2.05, 4.69) is 51.8 Å². The van der Waals surface area contributed by atoms with Crippen LogP contribution in [0.1, 0.15) is 29.4 Å². The fraction of sp³-hybridized carbons (Fsp3) is 0.438. The summed E-state index contributed by atoms with van der Waals surface area (Å²) in [4.78, 5) is 0. The van der Waals surface area contributed by atoms with E-state index in [1.165, 1.54) is 11.3 Å². The maximum atomic E-state index is 5.30. The number of nitrogens with one attached hydrogen (secondary N) is 1. The van der Waals surface area contributed by atoms with Crippen molar-refractivity contribution in [3.05, 3.63) is 45.2 Å². The Kier molecular flexibility index (Phi) is 5.42. The molecule has 21 heavy (non-hydrogen) atoms. The Hall–Kier alpha value is -1.33. The molecule has 4 nitrogen and oxygen atoms in total. The number of hydrogen-bond donors (Lipinski definition) is 1. The van der Waals surface area contributed by atoms with Gasteiger partial charge in [0.15, 0.2) is 0 Å². The molecule has 0 aliphatic carbocycles. The number of methoxy groups -OCH3 is 1. The molecule has 5 heteroatoms. The number of aromatic nitrogens is 2. The van der Waals surface area contributed by atoms with Crippen molar-refractivity contribution in [2.24, 2.45) is 0 Å². The van der Waals surface area contributed by atoms with E-state index in [1.807, 2.05) is 18.2 Å². The van der Waals surface area contributed by atoms with Gasteiger partial charge in [-0.25, -0.2) is 0 Å². The number of nitrogens with zero attached hydrogens (tertiary/aromatic N) is 2. The van der Waals surface area contributed by atoms with Gasteiger partial charge in [0.05, 0.1) is 19.3 Å². The molecular formula is C16H22BrN3O. The van der Waals surface area contributed by atoms with Crippen molar-refractivity contribution in [3.8, 4) is 5.75 Å². The quantitative estimate of drug-likeness (QED) is 0.866. The summed E-state index contributed by atoms with van der Waals surface area (Å²) in [6.45, 7) is 8.87. The summed E-state index contributed by atoms with van der Waals surface area (Å²) < 4.78 is 8.43. The molecule has 0 fully saturated rings. The highest BCUT2D eigenvalue weighted by atomic mass is 79.9. The number of rotatable bonds is 6. The van der Waals surface area contributed by atoms with Crippen LogP contribution in [-0.2, 0) is 13.1 Å². The molecule has 0 radical (unpaired) electrons. The van der Waals surface area contributed by atoms with Crippen molar-refractivity contribution in [1.82, 2.24) is 15.1 Å². The molecule has 1 heterocycles. The molecule has 0 atom stereocenters. The molecule has 0 aliphatic rings. The predicted octanol–water partition coefficient (Wildman–Crippen LogP) is 3.43. The molecule has 114 valence electrons.